The monoisotopic (exact) mass is 410 g/mol. The van der Waals surface area contributed by atoms with E-state index in [2.05, 4.69) is 10.1 Å². The molecular formula is C20H21F3N2O4. The number of fused-ring (bicyclic) bond motifs is 1. The summed E-state index contributed by atoms with van der Waals surface area (Å²) >= 11 is 0. The molecule has 1 aromatic carbocycles. The minimum atomic E-state index is -4.71. The molecule has 2 atom stereocenters. The quantitative estimate of drug-likeness (QED) is 0.832. The van der Waals surface area contributed by atoms with Crippen LogP contribution in [0.2, 0.25) is 0 Å². The first-order chi connectivity index (χ1) is 13.6. The number of piperidine rings is 1. The molecular weight excluding hydrogens is 389 g/mol. The summed E-state index contributed by atoms with van der Waals surface area (Å²) in [7, 11) is 0. The van der Waals surface area contributed by atoms with Gasteiger partial charge in [-0.15, -0.1) is 13.2 Å². The van der Waals surface area contributed by atoms with Crippen LogP contribution in [0.3, 0.4) is 0 Å². The van der Waals surface area contributed by atoms with E-state index >= 15 is 0 Å². The lowest BCUT2D eigenvalue weighted by Gasteiger charge is -2.43. The molecule has 0 radical (unpaired) electrons. The number of rotatable bonds is 3. The van der Waals surface area contributed by atoms with Gasteiger partial charge in [0.2, 0.25) is 5.91 Å². The lowest BCUT2D eigenvalue weighted by molar-refractivity contribution is -0.274. The molecule has 29 heavy (non-hydrogen) atoms. The Bertz CT molecular complexity index is 896. The molecule has 0 aromatic heterocycles. The first-order valence-electron chi connectivity index (χ1n) is 9.70. The largest absolute Gasteiger partial charge is 0.573 e. The van der Waals surface area contributed by atoms with Gasteiger partial charge in [-0.2, -0.15) is 0 Å². The third-order valence-electron chi connectivity index (χ3n) is 6.90. The van der Waals surface area contributed by atoms with E-state index in [1.807, 2.05) is 4.90 Å². The Morgan fingerprint density at radius 1 is 1.31 bits per heavy atom. The van der Waals surface area contributed by atoms with Crippen LogP contribution in [0.4, 0.5) is 18.0 Å². The summed E-state index contributed by atoms with van der Waals surface area (Å²) < 4.78 is 46.3. The van der Waals surface area contributed by atoms with Gasteiger partial charge in [0.05, 0.1) is 5.54 Å². The van der Waals surface area contributed by atoms with Crippen LogP contribution in [0, 0.1) is 18.8 Å². The number of aryl methyl sites for hydroxylation is 1. The second-order valence-electron chi connectivity index (χ2n) is 8.89. The number of cyclic esters (lactones) is 1. The fraction of sp³-hybridized carbons (Fsp3) is 0.600. The van der Waals surface area contributed by atoms with Crippen molar-refractivity contribution >= 4 is 12.0 Å². The van der Waals surface area contributed by atoms with Crippen molar-refractivity contribution in [3.05, 3.63) is 29.3 Å². The summed E-state index contributed by atoms with van der Waals surface area (Å²) in [6, 6.07) is 4.47. The number of hydrogen-bond acceptors (Lipinski definition) is 4. The second kappa shape index (κ2) is 5.79. The highest BCUT2D eigenvalue weighted by molar-refractivity contribution is 5.82. The number of carbonyl (C=O) groups is 2. The molecule has 4 aliphatic rings. The third-order valence-corrected chi connectivity index (χ3v) is 6.90. The number of likely N-dealkylation sites (tertiary alicyclic amines) is 1. The zero-order valence-electron chi connectivity index (χ0n) is 15.8. The van der Waals surface area contributed by atoms with Crippen LogP contribution in [-0.4, -0.2) is 48.5 Å². The van der Waals surface area contributed by atoms with Gasteiger partial charge >= 0.3 is 12.5 Å². The molecule has 1 aromatic rings. The Morgan fingerprint density at radius 3 is 2.69 bits per heavy atom. The van der Waals surface area contributed by atoms with Gasteiger partial charge in [0.25, 0.3) is 0 Å². The highest BCUT2D eigenvalue weighted by atomic mass is 19.4. The number of hydrogen-bond donors (Lipinski definition) is 1. The number of halogens is 3. The maximum atomic E-state index is 12.9. The van der Waals surface area contributed by atoms with Crippen molar-refractivity contribution in [1.29, 1.82) is 0 Å². The van der Waals surface area contributed by atoms with Crippen molar-refractivity contribution in [2.24, 2.45) is 11.8 Å². The first kappa shape index (κ1) is 18.6. The molecule has 156 valence electrons. The van der Waals surface area contributed by atoms with E-state index in [1.54, 1.807) is 13.0 Å². The molecule has 2 saturated heterocycles. The lowest BCUT2D eigenvalue weighted by atomic mass is 9.68. The molecule has 0 bridgehead atoms. The lowest BCUT2D eigenvalue weighted by Crippen LogP contribution is -2.58. The van der Waals surface area contributed by atoms with Crippen LogP contribution in [0.25, 0.3) is 0 Å². The molecule has 2 aliphatic heterocycles. The zero-order chi connectivity index (χ0) is 20.6. The second-order valence-corrected chi connectivity index (χ2v) is 8.89. The fourth-order valence-corrected chi connectivity index (χ4v) is 5.49. The van der Waals surface area contributed by atoms with Gasteiger partial charge in [0.15, 0.2) is 0 Å². The van der Waals surface area contributed by atoms with Gasteiger partial charge in [-0.25, -0.2) is 4.79 Å². The standard InChI is InChI=1S/C20H21F3N2O4/c1-11-4-14(29-20(21,22)23)2-3-15(11)19-7-13(19)8-25(9-19)16(26)12-5-18(6-12)10-28-17(27)24-18/h2-4,12-13H,5-10H2,1H3,(H,24,27). The summed E-state index contributed by atoms with van der Waals surface area (Å²) in [4.78, 5) is 26.1. The van der Waals surface area contributed by atoms with Crippen molar-refractivity contribution < 1.29 is 32.2 Å². The first-order valence-corrected chi connectivity index (χ1v) is 9.70. The highest BCUT2D eigenvalue weighted by Crippen LogP contribution is 2.60. The zero-order valence-corrected chi connectivity index (χ0v) is 15.8. The van der Waals surface area contributed by atoms with Gasteiger partial charge in [0, 0.05) is 24.4 Å². The minimum Gasteiger partial charge on any atom is -0.447 e. The predicted molar refractivity (Wildman–Crippen MR) is 94.2 cm³/mol. The number of alkyl carbamates (subject to hydrolysis) is 1. The average molecular weight is 410 g/mol. The number of alkyl halides is 3. The van der Waals surface area contributed by atoms with E-state index in [-0.39, 0.29) is 28.5 Å². The van der Waals surface area contributed by atoms with Gasteiger partial charge in [-0.1, -0.05) is 6.07 Å². The summed E-state index contributed by atoms with van der Waals surface area (Å²) in [6.45, 7) is 3.36. The number of benzene rings is 1. The summed E-state index contributed by atoms with van der Waals surface area (Å²) in [5, 5.41) is 2.80. The number of nitrogens with one attached hydrogen (secondary N) is 1. The van der Waals surface area contributed by atoms with Crippen LogP contribution in [0.5, 0.6) is 5.75 Å². The van der Waals surface area contributed by atoms with Crippen LogP contribution in [0.1, 0.15) is 30.4 Å². The summed E-state index contributed by atoms with van der Waals surface area (Å²) in [5.41, 5.74) is 1.19. The Labute approximate surface area is 165 Å². The molecule has 2 aliphatic carbocycles. The molecule has 1 N–H and O–H groups in total. The van der Waals surface area contributed by atoms with Crippen LogP contribution >= 0.6 is 0 Å². The number of amides is 2. The third kappa shape index (κ3) is 3.02. The van der Waals surface area contributed by atoms with E-state index in [0.29, 0.717) is 38.5 Å². The highest BCUT2D eigenvalue weighted by Gasteiger charge is 2.63. The summed E-state index contributed by atoms with van der Waals surface area (Å²) in [5.74, 6) is 0.0928. The average Bonchev–Trinajstić information content (AvgIpc) is 2.95. The van der Waals surface area contributed by atoms with Gasteiger partial charge < -0.3 is 19.7 Å². The molecule has 9 heteroatoms. The Morgan fingerprint density at radius 2 is 2.07 bits per heavy atom. The van der Waals surface area contributed by atoms with E-state index in [9.17, 15) is 22.8 Å². The van der Waals surface area contributed by atoms with E-state index in [1.165, 1.54) is 12.1 Å². The molecule has 5 rings (SSSR count). The van der Waals surface area contributed by atoms with Crippen molar-refractivity contribution in [3.63, 3.8) is 0 Å². The van der Waals surface area contributed by atoms with Crippen LogP contribution < -0.4 is 10.1 Å². The topological polar surface area (TPSA) is 67.9 Å². The molecule has 2 heterocycles. The minimum absolute atomic E-state index is 0.0954. The molecule has 4 fully saturated rings. The Hall–Kier alpha value is -2.45. The SMILES string of the molecule is Cc1cc(OC(F)(F)F)ccc1C12CC1CN(C(=O)C1CC3(COC(=O)N3)C1)C2. The normalized spacial score (nSPS) is 35.0. The molecule has 6 nitrogen and oxygen atoms in total. The van der Waals surface area contributed by atoms with Gasteiger partial charge in [0.1, 0.15) is 12.4 Å². The number of carbonyl (C=O) groups excluding carboxylic acids is 2. The fourth-order valence-electron chi connectivity index (χ4n) is 5.49. The smallest absolute Gasteiger partial charge is 0.447 e. The van der Waals surface area contributed by atoms with Crippen molar-refractivity contribution in [1.82, 2.24) is 10.2 Å². The van der Waals surface area contributed by atoms with Crippen molar-refractivity contribution in [2.75, 3.05) is 19.7 Å². The maximum absolute atomic E-state index is 12.9. The predicted octanol–water partition coefficient (Wildman–Crippen LogP) is 2.88. The summed E-state index contributed by atoms with van der Waals surface area (Å²) in [6.07, 6.45) is -3.02. The van der Waals surface area contributed by atoms with Crippen molar-refractivity contribution in [3.8, 4) is 5.75 Å². The maximum Gasteiger partial charge on any atom is 0.573 e. The van der Waals surface area contributed by atoms with Crippen LogP contribution in [0.15, 0.2) is 18.2 Å². The molecule has 2 unspecified atom stereocenters. The van der Waals surface area contributed by atoms with E-state index < -0.39 is 12.5 Å². The van der Waals surface area contributed by atoms with E-state index in [0.717, 1.165) is 17.5 Å². The molecule has 2 amide bonds. The van der Waals surface area contributed by atoms with Gasteiger partial charge in [-0.05, 0) is 55.4 Å². The molecule has 2 saturated carbocycles. The van der Waals surface area contributed by atoms with Crippen LogP contribution in [-0.2, 0) is 14.9 Å². The molecule has 1 spiro atoms. The van der Waals surface area contributed by atoms with Crippen molar-refractivity contribution in [2.45, 2.75) is 43.5 Å². The number of nitrogens with zero attached hydrogens (tertiary/aromatic N) is 1. The van der Waals surface area contributed by atoms with Gasteiger partial charge in [-0.3, -0.25) is 4.79 Å². The number of ether oxygens (including phenoxy) is 2. The van der Waals surface area contributed by atoms with E-state index in [4.69, 9.17) is 4.74 Å². The Balaban J connectivity index is 1.25. The Kier molecular flexibility index (Phi) is 3.71.